The van der Waals surface area contributed by atoms with Crippen LogP contribution in [-0.4, -0.2) is 67.9 Å². The highest BCUT2D eigenvalue weighted by Crippen LogP contribution is 2.14. The van der Waals surface area contributed by atoms with Gasteiger partial charge >= 0.3 is 0 Å². The van der Waals surface area contributed by atoms with Gasteiger partial charge in [0.1, 0.15) is 0 Å². The Bertz CT molecular complexity index is 603. The zero-order valence-electron chi connectivity index (χ0n) is 15.7. The summed E-state index contributed by atoms with van der Waals surface area (Å²) in [5, 5.41) is 6.31. The van der Waals surface area contributed by atoms with Crippen LogP contribution in [0.2, 0.25) is 0 Å². The summed E-state index contributed by atoms with van der Waals surface area (Å²) in [6, 6.07) is 7.60. The number of carbonyl (C=O) groups excluding carboxylic acids is 2. The van der Waals surface area contributed by atoms with Crippen molar-refractivity contribution in [1.82, 2.24) is 20.4 Å². The van der Waals surface area contributed by atoms with E-state index in [0.717, 1.165) is 56.8 Å². The zero-order valence-corrected chi connectivity index (χ0v) is 15.7. The SMILES string of the molecule is CN1CCN(C(=O)c2ccc(CNC(=O)CCC3CCNC3)cc2)CC1. The second kappa shape index (κ2) is 9.14. The molecule has 2 aliphatic rings. The Kier molecular flexibility index (Phi) is 6.63. The van der Waals surface area contributed by atoms with Gasteiger partial charge in [-0.1, -0.05) is 12.1 Å². The number of hydrogen-bond donors (Lipinski definition) is 2. The molecule has 0 aliphatic carbocycles. The monoisotopic (exact) mass is 358 g/mol. The van der Waals surface area contributed by atoms with Crippen LogP contribution in [0.1, 0.15) is 35.2 Å². The topological polar surface area (TPSA) is 64.7 Å². The average Bonchev–Trinajstić information content (AvgIpc) is 3.19. The quantitative estimate of drug-likeness (QED) is 0.799. The molecule has 2 saturated heterocycles. The molecule has 6 heteroatoms. The maximum Gasteiger partial charge on any atom is 0.253 e. The minimum absolute atomic E-state index is 0.0962. The van der Waals surface area contributed by atoms with Crippen LogP contribution in [0.3, 0.4) is 0 Å². The third-order valence-electron chi connectivity index (χ3n) is 5.42. The molecule has 0 aromatic heterocycles. The van der Waals surface area contributed by atoms with Crippen molar-refractivity contribution in [3.8, 4) is 0 Å². The number of likely N-dealkylation sites (N-methyl/N-ethyl adjacent to an activating group) is 1. The molecule has 0 radical (unpaired) electrons. The van der Waals surface area contributed by atoms with Gasteiger partial charge in [-0.2, -0.15) is 0 Å². The van der Waals surface area contributed by atoms with Gasteiger partial charge < -0.3 is 20.4 Å². The fourth-order valence-corrected chi connectivity index (χ4v) is 3.54. The molecule has 3 rings (SSSR count). The first-order chi connectivity index (χ1) is 12.6. The first-order valence-corrected chi connectivity index (χ1v) is 9.66. The second-order valence-electron chi connectivity index (χ2n) is 7.47. The van der Waals surface area contributed by atoms with E-state index >= 15 is 0 Å². The van der Waals surface area contributed by atoms with Gasteiger partial charge in [-0.25, -0.2) is 0 Å². The first-order valence-electron chi connectivity index (χ1n) is 9.66. The maximum atomic E-state index is 12.5. The minimum atomic E-state index is 0.0962. The van der Waals surface area contributed by atoms with Crippen molar-refractivity contribution >= 4 is 11.8 Å². The smallest absolute Gasteiger partial charge is 0.253 e. The molecular formula is C20H30N4O2. The molecule has 1 unspecified atom stereocenters. The van der Waals surface area contributed by atoms with E-state index in [2.05, 4.69) is 22.6 Å². The Hall–Kier alpha value is -1.92. The van der Waals surface area contributed by atoms with Gasteiger partial charge in [0.05, 0.1) is 0 Å². The molecule has 2 fully saturated rings. The summed E-state index contributed by atoms with van der Waals surface area (Å²) < 4.78 is 0. The number of nitrogens with zero attached hydrogens (tertiary/aromatic N) is 2. The van der Waals surface area contributed by atoms with Crippen molar-refractivity contribution in [2.45, 2.75) is 25.8 Å². The minimum Gasteiger partial charge on any atom is -0.352 e. The third kappa shape index (κ3) is 5.29. The van der Waals surface area contributed by atoms with E-state index in [4.69, 9.17) is 0 Å². The lowest BCUT2D eigenvalue weighted by Crippen LogP contribution is -2.47. The summed E-state index contributed by atoms with van der Waals surface area (Å²) >= 11 is 0. The van der Waals surface area contributed by atoms with E-state index in [1.807, 2.05) is 29.2 Å². The highest BCUT2D eigenvalue weighted by molar-refractivity contribution is 5.94. The van der Waals surface area contributed by atoms with Gasteiger partial charge in [-0.3, -0.25) is 9.59 Å². The van der Waals surface area contributed by atoms with Crippen molar-refractivity contribution in [1.29, 1.82) is 0 Å². The van der Waals surface area contributed by atoms with Crippen LogP contribution in [0.4, 0.5) is 0 Å². The van der Waals surface area contributed by atoms with Gasteiger partial charge in [0, 0.05) is 44.7 Å². The molecule has 1 aromatic rings. The molecule has 0 bridgehead atoms. The summed E-state index contributed by atoms with van der Waals surface area (Å²) in [6.45, 7) is 6.04. The van der Waals surface area contributed by atoms with Gasteiger partial charge in [-0.05, 0) is 56.6 Å². The van der Waals surface area contributed by atoms with Gasteiger partial charge in [0.25, 0.3) is 5.91 Å². The van der Waals surface area contributed by atoms with Crippen LogP contribution < -0.4 is 10.6 Å². The Balaban J connectivity index is 1.42. The number of rotatable bonds is 6. The number of benzene rings is 1. The van der Waals surface area contributed by atoms with Crippen LogP contribution in [-0.2, 0) is 11.3 Å². The predicted octanol–water partition coefficient (Wildman–Crippen LogP) is 1.08. The van der Waals surface area contributed by atoms with Crippen LogP contribution in [0.15, 0.2) is 24.3 Å². The first kappa shape index (κ1) is 18.9. The van der Waals surface area contributed by atoms with E-state index in [-0.39, 0.29) is 11.8 Å². The lowest BCUT2D eigenvalue weighted by Gasteiger charge is -2.32. The van der Waals surface area contributed by atoms with Gasteiger partial charge in [-0.15, -0.1) is 0 Å². The normalized spacial score (nSPS) is 21.0. The summed E-state index contributed by atoms with van der Waals surface area (Å²) in [7, 11) is 2.08. The van der Waals surface area contributed by atoms with E-state index < -0.39 is 0 Å². The molecule has 2 aliphatic heterocycles. The van der Waals surface area contributed by atoms with Crippen molar-refractivity contribution in [2.24, 2.45) is 5.92 Å². The Morgan fingerprint density at radius 1 is 1.15 bits per heavy atom. The summed E-state index contributed by atoms with van der Waals surface area (Å²) in [6.07, 6.45) is 2.72. The van der Waals surface area contributed by atoms with E-state index in [1.165, 1.54) is 6.42 Å². The molecule has 26 heavy (non-hydrogen) atoms. The molecular weight excluding hydrogens is 328 g/mol. The second-order valence-corrected chi connectivity index (χ2v) is 7.47. The number of hydrogen-bond acceptors (Lipinski definition) is 4. The highest BCUT2D eigenvalue weighted by Gasteiger charge is 2.20. The largest absolute Gasteiger partial charge is 0.352 e. The number of piperazine rings is 1. The van der Waals surface area contributed by atoms with E-state index in [1.54, 1.807) is 0 Å². The summed E-state index contributed by atoms with van der Waals surface area (Å²) in [5.74, 6) is 0.842. The maximum absolute atomic E-state index is 12.5. The Morgan fingerprint density at radius 3 is 2.54 bits per heavy atom. The lowest BCUT2D eigenvalue weighted by atomic mass is 10.0. The fourth-order valence-electron chi connectivity index (χ4n) is 3.54. The van der Waals surface area contributed by atoms with Crippen molar-refractivity contribution in [3.63, 3.8) is 0 Å². The van der Waals surface area contributed by atoms with Crippen molar-refractivity contribution in [3.05, 3.63) is 35.4 Å². The standard InChI is InChI=1S/C20H30N4O2/c1-23-10-12-24(13-11-23)20(26)18-5-2-16(3-6-18)15-22-19(25)7-4-17-8-9-21-14-17/h2-3,5-6,17,21H,4,7-15H2,1H3,(H,22,25). The lowest BCUT2D eigenvalue weighted by molar-refractivity contribution is -0.121. The molecule has 0 saturated carbocycles. The van der Waals surface area contributed by atoms with Crippen molar-refractivity contribution in [2.75, 3.05) is 46.3 Å². The number of nitrogens with one attached hydrogen (secondary N) is 2. The molecule has 142 valence electrons. The average molecular weight is 358 g/mol. The molecule has 2 N–H and O–H groups in total. The highest BCUT2D eigenvalue weighted by atomic mass is 16.2. The van der Waals surface area contributed by atoms with Crippen LogP contribution in [0.5, 0.6) is 0 Å². The molecule has 2 amide bonds. The van der Waals surface area contributed by atoms with E-state index in [9.17, 15) is 9.59 Å². The zero-order chi connectivity index (χ0) is 18.4. The van der Waals surface area contributed by atoms with Crippen LogP contribution >= 0.6 is 0 Å². The predicted molar refractivity (Wildman–Crippen MR) is 102 cm³/mol. The Labute approximate surface area is 155 Å². The molecule has 2 heterocycles. The number of carbonyl (C=O) groups is 2. The third-order valence-corrected chi connectivity index (χ3v) is 5.42. The van der Waals surface area contributed by atoms with Crippen molar-refractivity contribution < 1.29 is 9.59 Å². The summed E-state index contributed by atoms with van der Waals surface area (Å²) in [4.78, 5) is 28.7. The summed E-state index contributed by atoms with van der Waals surface area (Å²) in [5.41, 5.74) is 1.74. The van der Waals surface area contributed by atoms with Crippen LogP contribution in [0, 0.1) is 5.92 Å². The van der Waals surface area contributed by atoms with Gasteiger partial charge in [0.15, 0.2) is 0 Å². The molecule has 1 atom stereocenters. The fraction of sp³-hybridized carbons (Fsp3) is 0.600. The number of amides is 2. The van der Waals surface area contributed by atoms with Crippen LogP contribution in [0.25, 0.3) is 0 Å². The molecule has 6 nitrogen and oxygen atoms in total. The molecule has 1 aromatic carbocycles. The Morgan fingerprint density at radius 2 is 1.88 bits per heavy atom. The van der Waals surface area contributed by atoms with E-state index in [0.29, 0.717) is 18.9 Å². The molecule has 0 spiro atoms. The van der Waals surface area contributed by atoms with Gasteiger partial charge in [0.2, 0.25) is 5.91 Å².